The fourth-order valence-electron chi connectivity index (χ4n) is 2.97. The molecule has 0 bridgehead atoms. The Kier molecular flexibility index (Phi) is 8.67. The van der Waals surface area contributed by atoms with Crippen molar-refractivity contribution in [3.8, 4) is 0 Å². The predicted octanol–water partition coefficient (Wildman–Crippen LogP) is 2.90. The Bertz CT molecular complexity index is 926. The molecular formula is C22H32N4O2S. The zero-order valence-electron chi connectivity index (χ0n) is 17.7. The van der Waals surface area contributed by atoms with Crippen LogP contribution in [0.1, 0.15) is 42.0 Å². The average molecular weight is 417 g/mol. The number of aliphatic imine (C=N–C) groups is 1. The summed E-state index contributed by atoms with van der Waals surface area (Å²) in [4.78, 5) is 4.65. The Morgan fingerprint density at radius 3 is 2.48 bits per heavy atom. The van der Waals surface area contributed by atoms with Crippen molar-refractivity contribution in [3.63, 3.8) is 0 Å². The van der Waals surface area contributed by atoms with Crippen molar-refractivity contribution in [1.82, 2.24) is 15.4 Å². The summed E-state index contributed by atoms with van der Waals surface area (Å²) in [6.07, 6.45) is 0. The van der Waals surface area contributed by atoms with Crippen molar-refractivity contribution in [3.05, 3.63) is 70.8 Å². The number of nitrogens with zero attached hydrogens (tertiary/aromatic N) is 1. The highest BCUT2D eigenvalue weighted by atomic mass is 32.2. The molecule has 0 aromatic heterocycles. The van der Waals surface area contributed by atoms with Crippen LogP contribution < -0.4 is 15.4 Å². The van der Waals surface area contributed by atoms with Crippen LogP contribution in [0.2, 0.25) is 0 Å². The number of rotatable bonds is 9. The minimum atomic E-state index is -3.29. The van der Waals surface area contributed by atoms with Crippen LogP contribution in [0.15, 0.2) is 53.5 Å². The molecule has 6 nitrogen and oxygen atoms in total. The molecule has 158 valence electrons. The summed E-state index contributed by atoms with van der Waals surface area (Å²) < 4.78 is 25.9. The minimum absolute atomic E-state index is 0.0343. The van der Waals surface area contributed by atoms with Crippen molar-refractivity contribution in [1.29, 1.82) is 0 Å². The van der Waals surface area contributed by atoms with Crippen LogP contribution in [0, 0.1) is 6.92 Å². The molecular weight excluding hydrogens is 384 g/mol. The van der Waals surface area contributed by atoms with E-state index >= 15 is 0 Å². The smallest absolute Gasteiger partial charge is 0.215 e. The monoisotopic (exact) mass is 416 g/mol. The summed E-state index contributed by atoms with van der Waals surface area (Å²) in [7, 11) is -1.86. The van der Waals surface area contributed by atoms with Crippen LogP contribution in [0.4, 0.5) is 0 Å². The number of aryl methyl sites for hydroxylation is 1. The van der Waals surface area contributed by atoms with E-state index in [1.54, 1.807) is 0 Å². The van der Waals surface area contributed by atoms with E-state index in [1.807, 2.05) is 31.2 Å². The molecule has 0 heterocycles. The van der Waals surface area contributed by atoms with E-state index in [1.165, 1.54) is 18.2 Å². The van der Waals surface area contributed by atoms with Gasteiger partial charge in [0.2, 0.25) is 10.0 Å². The maximum Gasteiger partial charge on any atom is 0.215 e. The van der Waals surface area contributed by atoms with Gasteiger partial charge in [0.05, 0.1) is 12.3 Å². The number of hydrogen-bond acceptors (Lipinski definition) is 3. The van der Waals surface area contributed by atoms with Gasteiger partial charge in [0.1, 0.15) is 0 Å². The van der Waals surface area contributed by atoms with Crippen LogP contribution >= 0.6 is 0 Å². The average Bonchev–Trinajstić information content (AvgIpc) is 2.70. The van der Waals surface area contributed by atoms with Crippen LogP contribution in [0.5, 0.6) is 0 Å². The third-order valence-corrected chi connectivity index (χ3v) is 5.95. The lowest BCUT2D eigenvalue weighted by Gasteiger charge is -2.17. The van der Waals surface area contributed by atoms with E-state index in [4.69, 9.17) is 0 Å². The van der Waals surface area contributed by atoms with E-state index in [0.29, 0.717) is 12.5 Å². The molecule has 2 rings (SSSR count). The van der Waals surface area contributed by atoms with Gasteiger partial charge in [0, 0.05) is 13.1 Å². The normalized spacial score (nSPS) is 13.2. The van der Waals surface area contributed by atoms with Crippen LogP contribution in [-0.4, -0.2) is 34.5 Å². The summed E-state index contributed by atoms with van der Waals surface area (Å²) in [5.74, 6) is 1.07. The number of benzene rings is 2. The SMILES string of the molecule is CCNC(=NCc1cccc(CS(=O)(=O)NC)c1)NCC(C)c1cccc(C)c1. The van der Waals surface area contributed by atoms with Gasteiger partial charge in [-0.3, -0.25) is 0 Å². The van der Waals surface area contributed by atoms with Gasteiger partial charge in [-0.25, -0.2) is 18.1 Å². The number of guanidine groups is 1. The standard InChI is InChI=1S/C22H32N4O2S/c1-5-24-22(25-14-18(3)21-11-6-8-17(2)12-21)26-15-19-9-7-10-20(13-19)16-29(27,28)23-4/h6-13,18,23H,5,14-16H2,1-4H3,(H2,24,25,26). The molecule has 7 heteroatoms. The number of nitrogens with one attached hydrogen (secondary N) is 3. The van der Waals surface area contributed by atoms with Crippen LogP contribution in [-0.2, 0) is 22.3 Å². The molecule has 0 aliphatic heterocycles. The van der Waals surface area contributed by atoms with Crippen molar-refractivity contribution >= 4 is 16.0 Å². The highest BCUT2D eigenvalue weighted by Gasteiger charge is 2.09. The number of sulfonamides is 1. The first kappa shape index (κ1) is 22.9. The molecule has 0 aliphatic rings. The number of hydrogen-bond donors (Lipinski definition) is 3. The van der Waals surface area contributed by atoms with Gasteiger partial charge >= 0.3 is 0 Å². The van der Waals surface area contributed by atoms with Gasteiger partial charge in [0.25, 0.3) is 0 Å². The zero-order valence-corrected chi connectivity index (χ0v) is 18.5. The lowest BCUT2D eigenvalue weighted by molar-refractivity contribution is 0.587. The lowest BCUT2D eigenvalue weighted by atomic mass is 9.99. The fourth-order valence-corrected chi connectivity index (χ4v) is 3.73. The topological polar surface area (TPSA) is 82.6 Å². The third kappa shape index (κ3) is 7.87. The second-order valence-corrected chi connectivity index (χ2v) is 9.10. The Labute approximate surface area is 174 Å². The molecule has 0 aliphatic carbocycles. The highest BCUT2D eigenvalue weighted by molar-refractivity contribution is 7.88. The molecule has 1 atom stereocenters. The molecule has 0 amide bonds. The van der Waals surface area contributed by atoms with Gasteiger partial charge in [0.15, 0.2) is 5.96 Å². The molecule has 1 unspecified atom stereocenters. The molecule has 3 N–H and O–H groups in total. The molecule has 2 aromatic carbocycles. The first-order chi connectivity index (χ1) is 13.8. The van der Waals surface area contributed by atoms with E-state index in [-0.39, 0.29) is 5.75 Å². The molecule has 0 spiro atoms. The van der Waals surface area contributed by atoms with E-state index in [9.17, 15) is 8.42 Å². The van der Waals surface area contributed by atoms with Crippen molar-refractivity contribution < 1.29 is 8.42 Å². The predicted molar refractivity (Wildman–Crippen MR) is 121 cm³/mol. The summed E-state index contributed by atoms with van der Waals surface area (Å²) in [6, 6.07) is 16.1. The zero-order chi connectivity index (χ0) is 21.3. The molecule has 29 heavy (non-hydrogen) atoms. The molecule has 2 aromatic rings. The van der Waals surface area contributed by atoms with Gasteiger partial charge in [-0.2, -0.15) is 0 Å². The largest absolute Gasteiger partial charge is 0.357 e. The Morgan fingerprint density at radius 1 is 1.07 bits per heavy atom. The Hall–Kier alpha value is -2.38. The Morgan fingerprint density at radius 2 is 1.79 bits per heavy atom. The Balaban J connectivity index is 2.01. The van der Waals surface area contributed by atoms with E-state index < -0.39 is 10.0 Å². The second kappa shape index (κ2) is 11.0. The first-order valence-corrected chi connectivity index (χ1v) is 11.6. The maximum absolute atomic E-state index is 11.8. The van der Waals surface area contributed by atoms with Crippen molar-refractivity contribution in [2.24, 2.45) is 4.99 Å². The van der Waals surface area contributed by atoms with E-state index in [0.717, 1.165) is 30.2 Å². The third-order valence-electron chi connectivity index (χ3n) is 4.61. The van der Waals surface area contributed by atoms with Gasteiger partial charge in [-0.1, -0.05) is 61.0 Å². The summed E-state index contributed by atoms with van der Waals surface area (Å²) in [6.45, 7) is 8.34. The highest BCUT2D eigenvalue weighted by Crippen LogP contribution is 2.15. The summed E-state index contributed by atoms with van der Waals surface area (Å²) in [5, 5.41) is 6.67. The van der Waals surface area contributed by atoms with Crippen LogP contribution in [0.25, 0.3) is 0 Å². The van der Waals surface area contributed by atoms with Crippen molar-refractivity contribution in [2.75, 3.05) is 20.1 Å². The quantitative estimate of drug-likeness (QED) is 0.434. The summed E-state index contributed by atoms with van der Waals surface area (Å²) >= 11 is 0. The van der Waals surface area contributed by atoms with Gasteiger partial charge in [-0.05, 0) is 43.5 Å². The van der Waals surface area contributed by atoms with Gasteiger partial charge in [-0.15, -0.1) is 0 Å². The fraction of sp³-hybridized carbons (Fsp3) is 0.409. The second-order valence-electron chi connectivity index (χ2n) is 7.17. The summed E-state index contributed by atoms with van der Waals surface area (Å²) in [5.41, 5.74) is 4.28. The van der Waals surface area contributed by atoms with E-state index in [2.05, 4.69) is 58.5 Å². The lowest BCUT2D eigenvalue weighted by Crippen LogP contribution is -2.39. The molecule has 0 fully saturated rings. The van der Waals surface area contributed by atoms with Crippen LogP contribution in [0.3, 0.4) is 0 Å². The first-order valence-electron chi connectivity index (χ1n) is 9.90. The minimum Gasteiger partial charge on any atom is -0.357 e. The molecule has 0 saturated carbocycles. The molecule has 0 saturated heterocycles. The van der Waals surface area contributed by atoms with Gasteiger partial charge < -0.3 is 10.6 Å². The van der Waals surface area contributed by atoms with Crippen molar-refractivity contribution in [2.45, 2.75) is 39.0 Å². The molecule has 0 radical (unpaired) electrons. The maximum atomic E-state index is 11.8.